The molecule has 29 heavy (non-hydrogen) atoms. The molecule has 1 saturated heterocycles. The maximum atomic E-state index is 12.8. The average molecular weight is 410 g/mol. The molecule has 4 rings (SSSR count). The van der Waals surface area contributed by atoms with Gasteiger partial charge in [0.05, 0.1) is 11.7 Å². The van der Waals surface area contributed by atoms with Crippen LogP contribution in [0.5, 0.6) is 0 Å². The highest BCUT2D eigenvalue weighted by Gasteiger charge is 2.41. The van der Waals surface area contributed by atoms with Gasteiger partial charge in [-0.25, -0.2) is 9.78 Å². The van der Waals surface area contributed by atoms with Crippen molar-refractivity contribution in [3.05, 3.63) is 30.2 Å². The molecule has 0 radical (unpaired) electrons. The number of hydrogen-bond donors (Lipinski definition) is 2. The summed E-state index contributed by atoms with van der Waals surface area (Å²) in [6.07, 6.45) is -2.58. The molecule has 2 aromatic rings. The molecule has 0 aliphatic carbocycles. The first kappa shape index (κ1) is 19.0. The van der Waals surface area contributed by atoms with Crippen LogP contribution in [-0.2, 0) is 0 Å². The van der Waals surface area contributed by atoms with Gasteiger partial charge in [0.1, 0.15) is 18.0 Å². The van der Waals surface area contributed by atoms with E-state index in [1.807, 2.05) is 10.2 Å². The lowest BCUT2D eigenvalue weighted by molar-refractivity contribution is -0.149. The molecule has 0 spiro atoms. The van der Waals surface area contributed by atoms with Crippen LogP contribution in [0.15, 0.2) is 29.0 Å². The Morgan fingerprint density at radius 3 is 2.79 bits per heavy atom. The van der Waals surface area contributed by atoms with E-state index in [1.165, 1.54) is 23.3 Å². The molecule has 2 atom stereocenters. The molecule has 0 aromatic carbocycles. The number of carbonyl (C=O) groups is 2. The number of anilines is 3. The molecular formula is C17H17F3N6O3. The number of urea groups is 1. The van der Waals surface area contributed by atoms with E-state index in [0.29, 0.717) is 25.2 Å². The zero-order valence-corrected chi connectivity index (χ0v) is 15.2. The van der Waals surface area contributed by atoms with Gasteiger partial charge in [-0.05, 0) is 25.5 Å². The van der Waals surface area contributed by atoms with Gasteiger partial charge >= 0.3 is 12.2 Å². The Balaban J connectivity index is 1.63. The Kier molecular flexibility index (Phi) is 4.55. The van der Waals surface area contributed by atoms with E-state index in [0.717, 1.165) is 6.92 Å². The fraction of sp³-hybridized carbons (Fsp3) is 0.412. The number of amides is 3. The summed E-state index contributed by atoms with van der Waals surface area (Å²) in [4.78, 5) is 32.8. The van der Waals surface area contributed by atoms with Crippen molar-refractivity contribution in [2.24, 2.45) is 0 Å². The van der Waals surface area contributed by atoms with Crippen LogP contribution in [0.2, 0.25) is 0 Å². The average Bonchev–Trinajstić information content (AvgIpc) is 3.31. The monoisotopic (exact) mass is 410 g/mol. The van der Waals surface area contributed by atoms with Crippen molar-refractivity contribution in [3.8, 4) is 0 Å². The number of fused-ring (bicyclic) bond motifs is 4. The first-order chi connectivity index (χ1) is 13.7. The van der Waals surface area contributed by atoms with Crippen molar-refractivity contribution in [2.75, 3.05) is 28.2 Å². The van der Waals surface area contributed by atoms with Gasteiger partial charge in [0, 0.05) is 19.2 Å². The lowest BCUT2D eigenvalue weighted by Crippen LogP contribution is -2.49. The number of nitrogens with one attached hydrogen (secondary N) is 2. The van der Waals surface area contributed by atoms with Crippen LogP contribution < -0.4 is 20.4 Å². The summed E-state index contributed by atoms with van der Waals surface area (Å²) in [6.45, 7) is 2.14. The molecule has 154 valence electrons. The van der Waals surface area contributed by atoms with Crippen molar-refractivity contribution in [2.45, 2.75) is 31.6 Å². The zero-order valence-electron chi connectivity index (χ0n) is 15.2. The first-order valence-electron chi connectivity index (χ1n) is 8.88. The number of aromatic nitrogens is 2. The van der Waals surface area contributed by atoms with Gasteiger partial charge in [-0.15, -0.1) is 0 Å². The number of nitrogens with zero attached hydrogens (tertiary/aromatic N) is 4. The van der Waals surface area contributed by atoms with Gasteiger partial charge < -0.3 is 14.7 Å². The third kappa shape index (κ3) is 3.57. The molecule has 2 aliphatic rings. The molecule has 0 saturated carbocycles. The van der Waals surface area contributed by atoms with Gasteiger partial charge in [0.25, 0.3) is 5.91 Å². The Morgan fingerprint density at radius 1 is 1.31 bits per heavy atom. The second-order valence-corrected chi connectivity index (χ2v) is 6.85. The Hall–Kier alpha value is -3.31. The minimum atomic E-state index is -4.57. The van der Waals surface area contributed by atoms with Crippen LogP contribution in [0, 0.1) is 0 Å². The fourth-order valence-corrected chi connectivity index (χ4v) is 3.40. The van der Waals surface area contributed by atoms with E-state index >= 15 is 0 Å². The lowest BCUT2D eigenvalue weighted by Gasteiger charge is -2.35. The highest BCUT2D eigenvalue weighted by atomic mass is 19.4. The Morgan fingerprint density at radius 2 is 2.10 bits per heavy atom. The lowest BCUT2D eigenvalue weighted by atomic mass is 10.1. The summed E-state index contributed by atoms with van der Waals surface area (Å²) in [5.74, 6) is -0.542. The molecule has 12 heteroatoms. The van der Waals surface area contributed by atoms with Crippen molar-refractivity contribution < 1.29 is 27.3 Å². The Labute approximate surface area is 162 Å². The number of carbonyl (C=O) groups excluding carboxylic acids is 2. The quantitative estimate of drug-likeness (QED) is 0.805. The predicted molar refractivity (Wildman–Crippen MR) is 95.8 cm³/mol. The van der Waals surface area contributed by atoms with E-state index in [1.54, 1.807) is 6.07 Å². The van der Waals surface area contributed by atoms with Crippen LogP contribution in [-0.4, -0.2) is 53.4 Å². The molecule has 1 unspecified atom stereocenters. The summed E-state index contributed by atoms with van der Waals surface area (Å²) in [5.41, 5.74) is 0.427. The SMILES string of the molecule is CC(NC(=O)c1ccc2c(n1)N(C(=O)Nc1ccon1)[C@H]1CCN2C1)C(F)(F)F. The largest absolute Gasteiger partial charge is 0.408 e. The Bertz CT molecular complexity index is 933. The van der Waals surface area contributed by atoms with Gasteiger partial charge in [0.15, 0.2) is 11.6 Å². The van der Waals surface area contributed by atoms with Gasteiger partial charge in [0.2, 0.25) is 0 Å². The predicted octanol–water partition coefficient (Wildman–Crippen LogP) is 2.38. The highest BCUT2D eigenvalue weighted by molar-refractivity contribution is 6.04. The van der Waals surface area contributed by atoms with E-state index in [9.17, 15) is 22.8 Å². The summed E-state index contributed by atoms with van der Waals surface area (Å²) in [6, 6.07) is 1.69. The molecule has 3 amide bonds. The normalized spacial score (nSPS) is 19.0. The summed E-state index contributed by atoms with van der Waals surface area (Å²) < 4.78 is 42.9. The molecular weight excluding hydrogens is 393 g/mol. The molecule has 2 aliphatic heterocycles. The zero-order chi connectivity index (χ0) is 20.8. The second kappa shape index (κ2) is 6.94. The third-order valence-corrected chi connectivity index (χ3v) is 4.91. The highest BCUT2D eigenvalue weighted by Crippen LogP contribution is 2.39. The number of alkyl halides is 3. The molecule has 9 nitrogen and oxygen atoms in total. The van der Waals surface area contributed by atoms with Crippen molar-refractivity contribution in [1.29, 1.82) is 0 Å². The molecule has 2 bridgehead atoms. The number of hydrogen-bond acceptors (Lipinski definition) is 6. The van der Waals surface area contributed by atoms with Crippen LogP contribution >= 0.6 is 0 Å². The second-order valence-electron chi connectivity index (χ2n) is 6.85. The van der Waals surface area contributed by atoms with Gasteiger partial charge in [-0.2, -0.15) is 13.2 Å². The van der Waals surface area contributed by atoms with E-state index in [4.69, 9.17) is 4.52 Å². The summed E-state index contributed by atoms with van der Waals surface area (Å²) >= 11 is 0. The fourth-order valence-electron chi connectivity index (χ4n) is 3.40. The van der Waals surface area contributed by atoms with Crippen molar-refractivity contribution in [1.82, 2.24) is 15.5 Å². The van der Waals surface area contributed by atoms with Crippen LogP contribution in [0.3, 0.4) is 0 Å². The summed E-state index contributed by atoms with van der Waals surface area (Å²) in [7, 11) is 0. The van der Waals surface area contributed by atoms with E-state index in [-0.39, 0.29) is 23.4 Å². The standard InChI is InChI=1S/C17H17F3N6O3/c1-9(17(18,19)20)21-15(27)11-2-3-12-14(22-11)26(10-4-6-25(12)8-10)16(28)23-13-5-7-29-24-13/h2-3,5,7,9-10H,4,6,8H2,1H3,(H,21,27)(H,23,24,28)/t9?,10-/m0/s1. The van der Waals surface area contributed by atoms with Gasteiger partial charge in [-0.3, -0.25) is 15.0 Å². The molecule has 1 fully saturated rings. The third-order valence-electron chi connectivity index (χ3n) is 4.91. The van der Waals surface area contributed by atoms with E-state index < -0.39 is 24.2 Å². The van der Waals surface area contributed by atoms with Crippen LogP contribution in [0.1, 0.15) is 23.8 Å². The summed E-state index contributed by atoms with van der Waals surface area (Å²) in [5, 5.41) is 8.10. The minimum absolute atomic E-state index is 0.186. The maximum Gasteiger partial charge on any atom is 0.408 e. The van der Waals surface area contributed by atoms with Crippen LogP contribution in [0.25, 0.3) is 0 Å². The molecule has 2 aromatic heterocycles. The van der Waals surface area contributed by atoms with E-state index in [2.05, 4.69) is 15.5 Å². The molecule has 2 N–H and O–H groups in total. The number of halogens is 3. The smallest absolute Gasteiger partial charge is 0.366 e. The first-order valence-corrected chi connectivity index (χ1v) is 8.88. The maximum absolute atomic E-state index is 12.8. The molecule has 4 heterocycles. The van der Waals surface area contributed by atoms with Gasteiger partial charge in [-0.1, -0.05) is 5.16 Å². The minimum Gasteiger partial charge on any atom is -0.366 e. The topological polar surface area (TPSA) is 104 Å². The van der Waals surface area contributed by atoms with Crippen molar-refractivity contribution >= 4 is 29.3 Å². The number of pyridine rings is 1. The number of rotatable bonds is 3. The van der Waals surface area contributed by atoms with Crippen LogP contribution in [0.4, 0.5) is 35.3 Å². The van der Waals surface area contributed by atoms with Crippen molar-refractivity contribution in [3.63, 3.8) is 0 Å².